The lowest BCUT2D eigenvalue weighted by molar-refractivity contribution is -0.137. The average Bonchev–Trinajstić information content (AvgIpc) is 3.02. The van der Waals surface area contributed by atoms with Crippen LogP contribution in [0.4, 0.5) is 19.0 Å². The molecule has 0 N–H and O–H groups in total. The summed E-state index contributed by atoms with van der Waals surface area (Å²) in [5.41, 5.74) is -0.805. The van der Waals surface area contributed by atoms with Gasteiger partial charge in [-0.05, 0) is 40.2 Å². The van der Waals surface area contributed by atoms with E-state index >= 15 is 0 Å². The van der Waals surface area contributed by atoms with Gasteiger partial charge < -0.3 is 4.90 Å². The van der Waals surface area contributed by atoms with E-state index in [9.17, 15) is 21.6 Å². The summed E-state index contributed by atoms with van der Waals surface area (Å²) in [4.78, 5) is 5.63. The number of alkyl halides is 3. The predicted molar refractivity (Wildman–Crippen MR) is 92.2 cm³/mol. The van der Waals surface area contributed by atoms with Gasteiger partial charge >= 0.3 is 6.18 Å². The Morgan fingerprint density at radius 1 is 1.08 bits per heavy atom. The van der Waals surface area contributed by atoms with Crippen LogP contribution in [0.3, 0.4) is 0 Å². The van der Waals surface area contributed by atoms with Gasteiger partial charge in [-0.2, -0.15) is 17.5 Å². The quantitative estimate of drug-likeness (QED) is 0.711. The molecule has 0 amide bonds. The number of thiophene rings is 1. The zero-order valence-corrected chi connectivity index (χ0v) is 15.9. The maximum absolute atomic E-state index is 12.6. The van der Waals surface area contributed by atoms with Gasteiger partial charge in [0.05, 0.1) is 9.35 Å². The van der Waals surface area contributed by atoms with Crippen LogP contribution in [0.2, 0.25) is 0 Å². The largest absolute Gasteiger partial charge is 0.417 e. The highest BCUT2D eigenvalue weighted by Gasteiger charge is 2.32. The number of aromatic nitrogens is 1. The van der Waals surface area contributed by atoms with E-state index in [1.54, 1.807) is 17.0 Å². The van der Waals surface area contributed by atoms with Crippen molar-refractivity contribution in [2.24, 2.45) is 0 Å². The molecule has 5 nitrogen and oxygen atoms in total. The number of rotatable bonds is 3. The van der Waals surface area contributed by atoms with Crippen molar-refractivity contribution < 1.29 is 21.6 Å². The van der Waals surface area contributed by atoms with Gasteiger partial charge in [0.15, 0.2) is 0 Å². The lowest BCUT2D eigenvalue weighted by Crippen LogP contribution is -2.48. The van der Waals surface area contributed by atoms with E-state index < -0.39 is 21.8 Å². The second-order valence-electron chi connectivity index (χ2n) is 5.35. The molecule has 0 bridgehead atoms. The fraction of sp³-hybridized carbons (Fsp3) is 0.357. The molecule has 0 atom stereocenters. The van der Waals surface area contributed by atoms with Gasteiger partial charge in [-0.1, -0.05) is 0 Å². The summed E-state index contributed by atoms with van der Waals surface area (Å²) in [5.74, 6) is 0.406. The van der Waals surface area contributed by atoms with Crippen LogP contribution in [0.25, 0.3) is 0 Å². The number of hydrogen-bond donors (Lipinski definition) is 0. The Morgan fingerprint density at radius 2 is 1.76 bits per heavy atom. The van der Waals surface area contributed by atoms with Crippen molar-refractivity contribution in [2.75, 3.05) is 31.1 Å². The highest BCUT2D eigenvalue weighted by atomic mass is 79.9. The van der Waals surface area contributed by atoms with E-state index in [4.69, 9.17) is 0 Å². The first-order valence-electron chi connectivity index (χ1n) is 7.21. The summed E-state index contributed by atoms with van der Waals surface area (Å²) in [6.45, 7) is 1.23. The van der Waals surface area contributed by atoms with Crippen molar-refractivity contribution in [3.05, 3.63) is 39.8 Å². The van der Waals surface area contributed by atoms with Gasteiger partial charge in [0, 0.05) is 32.4 Å². The molecule has 0 radical (unpaired) electrons. The van der Waals surface area contributed by atoms with Crippen molar-refractivity contribution in [3.63, 3.8) is 0 Å². The molecule has 0 saturated carbocycles. The Hall–Kier alpha value is -1.17. The summed E-state index contributed by atoms with van der Waals surface area (Å²) in [6, 6.07) is 5.52. The van der Waals surface area contributed by atoms with Gasteiger partial charge in [-0.3, -0.25) is 0 Å². The lowest BCUT2D eigenvalue weighted by atomic mass is 10.2. The second-order valence-corrected chi connectivity index (χ2v) is 9.98. The Morgan fingerprint density at radius 3 is 2.24 bits per heavy atom. The van der Waals surface area contributed by atoms with Gasteiger partial charge in [0.2, 0.25) is 0 Å². The molecule has 25 heavy (non-hydrogen) atoms. The van der Waals surface area contributed by atoms with Gasteiger partial charge in [0.1, 0.15) is 10.0 Å². The summed E-state index contributed by atoms with van der Waals surface area (Å²) in [5, 5.41) is 0. The number of halogens is 4. The topological polar surface area (TPSA) is 53.5 Å². The van der Waals surface area contributed by atoms with Crippen LogP contribution < -0.4 is 4.90 Å². The van der Waals surface area contributed by atoms with Crippen molar-refractivity contribution in [1.29, 1.82) is 0 Å². The predicted octanol–water partition coefficient (Wildman–Crippen LogP) is 3.44. The molecular weight excluding hydrogens is 443 g/mol. The third-order valence-corrected chi connectivity index (χ3v) is 7.77. The zero-order valence-electron chi connectivity index (χ0n) is 12.7. The van der Waals surface area contributed by atoms with E-state index in [-0.39, 0.29) is 17.3 Å². The molecular formula is C14H13BrF3N3O2S2. The van der Waals surface area contributed by atoms with Crippen LogP contribution in [-0.4, -0.2) is 43.9 Å². The van der Waals surface area contributed by atoms with Gasteiger partial charge in [0.25, 0.3) is 10.0 Å². The smallest absolute Gasteiger partial charge is 0.354 e. The number of nitrogens with zero attached hydrogens (tertiary/aromatic N) is 3. The number of anilines is 1. The van der Waals surface area contributed by atoms with Gasteiger partial charge in [-0.25, -0.2) is 13.4 Å². The second kappa shape index (κ2) is 6.86. The van der Waals surface area contributed by atoms with Crippen molar-refractivity contribution in [2.45, 2.75) is 10.4 Å². The average molecular weight is 456 g/mol. The first-order valence-corrected chi connectivity index (χ1v) is 10.3. The third-order valence-electron chi connectivity index (χ3n) is 3.78. The Labute approximate surface area is 155 Å². The van der Waals surface area contributed by atoms with Crippen molar-refractivity contribution >= 4 is 43.1 Å². The molecule has 2 aromatic heterocycles. The summed E-state index contributed by atoms with van der Waals surface area (Å²) in [6.07, 6.45) is -3.63. The standard InChI is InChI=1S/C14H13BrF3N3O2S2/c15-11-2-4-13(24-11)25(22,23)21-7-5-20(6-8-21)12-3-1-10(9-19-12)14(16,17)18/h1-4,9H,5-8H2. The van der Waals surface area contributed by atoms with E-state index in [2.05, 4.69) is 20.9 Å². The zero-order chi connectivity index (χ0) is 18.2. The van der Waals surface area contributed by atoms with Crippen LogP contribution in [0.5, 0.6) is 0 Å². The normalized spacial score (nSPS) is 17.0. The molecule has 136 valence electrons. The molecule has 11 heteroatoms. The van der Waals surface area contributed by atoms with Crippen LogP contribution in [0, 0.1) is 0 Å². The molecule has 1 fully saturated rings. The Balaban J connectivity index is 1.68. The maximum Gasteiger partial charge on any atom is 0.417 e. The highest BCUT2D eigenvalue weighted by molar-refractivity contribution is 9.11. The minimum absolute atomic E-state index is 0.251. The lowest BCUT2D eigenvalue weighted by Gasteiger charge is -2.34. The molecule has 0 unspecified atom stereocenters. The Bertz CT molecular complexity index is 845. The number of pyridine rings is 1. The molecule has 1 aliphatic rings. The first kappa shape index (κ1) is 18.6. The molecule has 0 aromatic carbocycles. The van der Waals surface area contributed by atoms with Crippen LogP contribution >= 0.6 is 27.3 Å². The molecule has 0 spiro atoms. The summed E-state index contributed by atoms with van der Waals surface area (Å²) in [7, 11) is -3.55. The minimum atomic E-state index is -4.42. The summed E-state index contributed by atoms with van der Waals surface area (Å²) >= 11 is 4.39. The number of sulfonamides is 1. The van der Waals surface area contributed by atoms with E-state index in [1.165, 1.54) is 10.4 Å². The number of hydrogen-bond acceptors (Lipinski definition) is 5. The fourth-order valence-electron chi connectivity index (χ4n) is 2.46. The fourth-order valence-corrected chi connectivity index (χ4v) is 6.05. The maximum atomic E-state index is 12.6. The van der Waals surface area contributed by atoms with Gasteiger partial charge in [-0.15, -0.1) is 11.3 Å². The number of piperazine rings is 1. The summed E-state index contributed by atoms with van der Waals surface area (Å²) < 4.78 is 65.2. The van der Waals surface area contributed by atoms with Crippen molar-refractivity contribution in [1.82, 2.24) is 9.29 Å². The molecule has 0 aliphatic carbocycles. The first-order chi connectivity index (χ1) is 11.7. The third kappa shape index (κ3) is 3.99. The Kier molecular flexibility index (Phi) is 5.11. The highest BCUT2D eigenvalue weighted by Crippen LogP contribution is 2.31. The van der Waals surface area contributed by atoms with Crippen LogP contribution in [-0.2, 0) is 16.2 Å². The SMILES string of the molecule is O=S(=O)(c1ccc(Br)s1)N1CCN(c2ccc(C(F)(F)F)cn2)CC1. The van der Waals surface area contributed by atoms with Crippen LogP contribution in [0.15, 0.2) is 38.5 Å². The minimum Gasteiger partial charge on any atom is -0.354 e. The van der Waals surface area contributed by atoms with Crippen LogP contribution in [0.1, 0.15) is 5.56 Å². The monoisotopic (exact) mass is 455 g/mol. The molecule has 1 aliphatic heterocycles. The molecule has 2 aromatic rings. The van der Waals surface area contributed by atoms with Crippen molar-refractivity contribution in [3.8, 4) is 0 Å². The van der Waals surface area contributed by atoms with E-state index in [1.807, 2.05) is 0 Å². The molecule has 1 saturated heterocycles. The molecule has 3 rings (SSSR count). The van der Waals surface area contributed by atoms with E-state index in [0.717, 1.165) is 27.4 Å². The van der Waals surface area contributed by atoms with E-state index in [0.29, 0.717) is 18.9 Å². The molecule has 3 heterocycles.